The molecule has 1 amide bonds. The molecule has 0 unspecified atom stereocenters. The van der Waals surface area contributed by atoms with Crippen molar-refractivity contribution in [3.8, 4) is 0 Å². The van der Waals surface area contributed by atoms with Crippen LogP contribution in [0.2, 0.25) is 0 Å². The normalized spacial score (nSPS) is 21.5. The molecule has 0 fully saturated rings. The minimum atomic E-state index is -0.606. The third kappa shape index (κ3) is 1.18. The van der Waals surface area contributed by atoms with E-state index >= 15 is 0 Å². The van der Waals surface area contributed by atoms with E-state index in [0.29, 0.717) is 0 Å². The summed E-state index contributed by atoms with van der Waals surface area (Å²) in [7, 11) is 0. The predicted octanol–water partition coefficient (Wildman–Crippen LogP) is -1.23. The third-order valence-corrected chi connectivity index (χ3v) is 1.07. The Morgan fingerprint density at radius 2 is 2.36 bits per heavy atom. The number of hydrogen-bond acceptors (Lipinski definition) is 5. The lowest BCUT2D eigenvalue weighted by molar-refractivity contribution is -0.114. The molecule has 0 radical (unpaired) electrons. The Morgan fingerprint density at radius 1 is 1.73 bits per heavy atom. The molecule has 1 aliphatic rings. The van der Waals surface area contributed by atoms with E-state index in [1.165, 1.54) is 0 Å². The summed E-state index contributed by atoms with van der Waals surface area (Å²) in [6, 6.07) is 0. The van der Waals surface area contributed by atoms with E-state index in [0.717, 1.165) is 0 Å². The third-order valence-electron chi connectivity index (χ3n) is 1.07. The minimum Gasteiger partial charge on any atom is -0.410 e. The Morgan fingerprint density at radius 3 is 2.82 bits per heavy atom. The number of hydrogen-bond donors (Lipinski definition) is 3. The number of rotatable bonds is 0. The van der Waals surface area contributed by atoms with Crippen molar-refractivity contribution >= 4 is 17.5 Å². The molecule has 11 heavy (non-hydrogen) atoms. The summed E-state index contributed by atoms with van der Waals surface area (Å²) in [4.78, 5) is 14.4. The molecule has 4 N–H and O–H groups in total. The summed E-state index contributed by atoms with van der Waals surface area (Å²) in [5, 5.41) is 13.1. The molecule has 0 aromatic carbocycles. The fourth-order valence-corrected chi connectivity index (χ4v) is 0.630. The van der Waals surface area contributed by atoms with Crippen molar-refractivity contribution in [2.75, 3.05) is 0 Å². The largest absolute Gasteiger partial charge is 0.410 e. The van der Waals surface area contributed by atoms with Crippen LogP contribution in [-0.2, 0) is 4.79 Å². The van der Waals surface area contributed by atoms with Crippen molar-refractivity contribution in [2.24, 2.45) is 15.9 Å². The molecular formula is C5H6N4O2. The fourth-order valence-electron chi connectivity index (χ4n) is 0.630. The van der Waals surface area contributed by atoms with Crippen LogP contribution < -0.4 is 11.1 Å². The predicted molar refractivity (Wildman–Crippen MR) is 38.1 cm³/mol. The molecular weight excluding hydrogens is 148 g/mol. The first-order chi connectivity index (χ1) is 5.15. The second kappa shape index (κ2) is 2.41. The number of carbonyl (C=O) groups excluding carboxylic acids is 1. The topological polar surface area (TPSA) is 100 Å². The SMILES string of the molecule is C=C1N=C(N)C(=NO)C(=O)N1. The molecule has 0 saturated heterocycles. The summed E-state index contributed by atoms with van der Waals surface area (Å²) >= 11 is 0. The van der Waals surface area contributed by atoms with Crippen LogP contribution in [0.5, 0.6) is 0 Å². The van der Waals surface area contributed by atoms with E-state index in [4.69, 9.17) is 10.9 Å². The number of oxime groups is 1. The highest BCUT2D eigenvalue weighted by Gasteiger charge is 2.21. The van der Waals surface area contributed by atoms with Crippen molar-refractivity contribution in [1.82, 2.24) is 5.32 Å². The van der Waals surface area contributed by atoms with Gasteiger partial charge in [0.25, 0.3) is 5.91 Å². The molecule has 1 aliphatic heterocycles. The summed E-state index contributed by atoms with van der Waals surface area (Å²) in [5.41, 5.74) is 4.91. The lowest BCUT2D eigenvalue weighted by Crippen LogP contribution is -2.43. The number of nitrogens with one attached hydrogen (secondary N) is 1. The van der Waals surface area contributed by atoms with Gasteiger partial charge >= 0.3 is 0 Å². The van der Waals surface area contributed by atoms with Crippen molar-refractivity contribution in [2.45, 2.75) is 0 Å². The lowest BCUT2D eigenvalue weighted by Gasteiger charge is -2.10. The van der Waals surface area contributed by atoms with Gasteiger partial charge in [0.05, 0.1) is 0 Å². The summed E-state index contributed by atoms with van der Waals surface area (Å²) in [5.74, 6) is -0.605. The second-order valence-electron chi connectivity index (χ2n) is 1.85. The highest BCUT2D eigenvalue weighted by molar-refractivity contribution is 6.67. The molecule has 0 aliphatic carbocycles. The van der Waals surface area contributed by atoms with Gasteiger partial charge in [-0.05, 0) is 0 Å². The van der Waals surface area contributed by atoms with E-state index in [9.17, 15) is 4.79 Å². The molecule has 0 spiro atoms. The van der Waals surface area contributed by atoms with Crippen LogP contribution in [0.4, 0.5) is 0 Å². The van der Waals surface area contributed by atoms with Gasteiger partial charge in [0, 0.05) is 0 Å². The Balaban J connectivity index is 3.08. The van der Waals surface area contributed by atoms with Crippen molar-refractivity contribution in [3.05, 3.63) is 12.4 Å². The van der Waals surface area contributed by atoms with Crippen molar-refractivity contribution in [1.29, 1.82) is 0 Å². The Labute approximate surface area is 62.1 Å². The van der Waals surface area contributed by atoms with E-state index in [1.807, 2.05) is 0 Å². The molecule has 58 valence electrons. The van der Waals surface area contributed by atoms with Gasteiger partial charge in [-0.1, -0.05) is 11.7 Å². The average Bonchev–Trinajstić information content (AvgIpc) is 1.85. The molecule has 0 bridgehead atoms. The van der Waals surface area contributed by atoms with Gasteiger partial charge in [-0.15, -0.1) is 0 Å². The minimum absolute atomic E-state index is 0.138. The number of amidine groups is 1. The molecule has 6 nitrogen and oxygen atoms in total. The lowest BCUT2D eigenvalue weighted by atomic mass is 10.3. The van der Waals surface area contributed by atoms with Crippen molar-refractivity contribution < 1.29 is 10.0 Å². The zero-order chi connectivity index (χ0) is 8.43. The summed E-state index contributed by atoms with van der Waals surface area (Å²) in [6.07, 6.45) is 0. The van der Waals surface area contributed by atoms with Gasteiger partial charge in [-0.2, -0.15) is 0 Å². The quantitative estimate of drug-likeness (QED) is 0.301. The maximum absolute atomic E-state index is 10.8. The molecule has 0 saturated carbocycles. The average molecular weight is 154 g/mol. The van der Waals surface area contributed by atoms with E-state index in [-0.39, 0.29) is 17.4 Å². The monoisotopic (exact) mass is 154 g/mol. The van der Waals surface area contributed by atoms with Gasteiger partial charge in [-0.25, -0.2) is 4.99 Å². The van der Waals surface area contributed by atoms with Crippen LogP contribution in [-0.4, -0.2) is 22.7 Å². The van der Waals surface area contributed by atoms with Crippen LogP contribution in [0.3, 0.4) is 0 Å². The maximum Gasteiger partial charge on any atom is 0.282 e. The van der Waals surface area contributed by atoms with Gasteiger partial charge in [0.1, 0.15) is 5.82 Å². The highest BCUT2D eigenvalue weighted by atomic mass is 16.4. The van der Waals surface area contributed by atoms with Gasteiger partial charge in [0.15, 0.2) is 5.84 Å². The van der Waals surface area contributed by atoms with Crippen LogP contribution >= 0.6 is 0 Å². The molecule has 0 atom stereocenters. The summed E-state index contributed by atoms with van der Waals surface area (Å²) < 4.78 is 0. The van der Waals surface area contributed by atoms with Crippen LogP contribution in [0.15, 0.2) is 22.5 Å². The van der Waals surface area contributed by atoms with E-state index in [1.54, 1.807) is 0 Å². The maximum atomic E-state index is 10.8. The van der Waals surface area contributed by atoms with E-state index in [2.05, 4.69) is 22.0 Å². The Kier molecular flexibility index (Phi) is 1.59. The second-order valence-corrected chi connectivity index (χ2v) is 1.85. The zero-order valence-electron chi connectivity index (χ0n) is 5.53. The Bertz CT molecular complexity index is 278. The number of nitrogens with two attached hydrogens (primary N) is 1. The van der Waals surface area contributed by atoms with Gasteiger partial charge in [-0.3, -0.25) is 4.79 Å². The van der Waals surface area contributed by atoms with Crippen LogP contribution in [0, 0.1) is 0 Å². The van der Waals surface area contributed by atoms with Crippen molar-refractivity contribution in [3.63, 3.8) is 0 Å². The van der Waals surface area contributed by atoms with Crippen LogP contribution in [0.1, 0.15) is 0 Å². The Hall–Kier alpha value is -1.85. The standard InChI is InChI=1S/C5H6N4O2/c1-2-7-4(6)3(9-11)5(10)8-2/h11H,1H2,(H2,6,7)(H,8,10). The number of amides is 1. The highest BCUT2D eigenvalue weighted by Crippen LogP contribution is 1.95. The first-order valence-electron chi connectivity index (χ1n) is 2.72. The van der Waals surface area contributed by atoms with Crippen LogP contribution in [0.25, 0.3) is 0 Å². The number of aliphatic imine (C=N–C) groups is 1. The van der Waals surface area contributed by atoms with E-state index < -0.39 is 5.91 Å². The first-order valence-corrected chi connectivity index (χ1v) is 2.72. The molecule has 0 aromatic rings. The zero-order valence-corrected chi connectivity index (χ0v) is 5.53. The van der Waals surface area contributed by atoms with Gasteiger partial charge in [0.2, 0.25) is 5.71 Å². The smallest absolute Gasteiger partial charge is 0.282 e. The molecule has 0 aromatic heterocycles. The fraction of sp³-hybridized carbons (Fsp3) is 0. The number of nitrogens with zero attached hydrogens (tertiary/aromatic N) is 2. The van der Waals surface area contributed by atoms with Gasteiger partial charge < -0.3 is 16.3 Å². The molecule has 1 heterocycles. The number of carbonyl (C=O) groups is 1. The first kappa shape index (κ1) is 7.26. The molecule has 6 heteroatoms. The summed E-state index contributed by atoms with van der Waals surface area (Å²) in [6.45, 7) is 3.35. The molecule has 1 rings (SSSR count).